The number of carbonyl (C=O) groups is 1. The van der Waals surface area contributed by atoms with E-state index in [-0.39, 0.29) is 0 Å². The van der Waals surface area contributed by atoms with Gasteiger partial charge in [-0.25, -0.2) is 9.78 Å². The van der Waals surface area contributed by atoms with Gasteiger partial charge in [0.1, 0.15) is 4.88 Å². The highest BCUT2D eigenvalue weighted by molar-refractivity contribution is 7.99. The molecule has 1 N–H and O–H groups in total. The lowest BCUT2D eigenvalue weighted by atomic mass is 10.4. The van der Waals surface area contributed by atoms with Crippen LogP contribution < -0.4 is 4.90 Å². The summed E-state index contributed by atoms with van der Waals surface area (Å²) in [4.78, 5) is 17.9. The molecule has 0 atom stereocenters. The van der Waals surface area contributed by atoms with Crippen LogP contribution in [0.15, 0.2) is 0 Å². The van der Waals surface area contributed by atoms with Gasteiger partial charge in [-0.3, -0.25) is 0 Å². The molecule has 1 aliphatic heterocycles. The fourth-order valence-corrected chi connectivity index (χ4v) is 3.50. The Labute approximate surface area is 103 Å². The van der Waals surface area contributed by atoms with E-state index in [0.717, 1.165) is 30.4 Å². The first-order chi connectivity index (χ1) is 7.68. The third kappa shape index (κ3) is 2.49. The van der Waals surface area contributed by atoms with Gasteiger partial charge in [-0.1, -0.05) is 11.3 Å². The van der Waals surface area contributed by atoms with Crippen LogP contribution >= 0.6 is 23.1 Å². The van der Waals surface area contributed by atoms with Gasteiger partial charge in [-0.15, -0.1) is 0 Å². The van der Waals surface area contributed by atoms with Crippen LogP contribution in [0.1, 0.15) is 21.8 Å². The van der Waals surface area contributed by atoms with Crippen LogP contribution in [0.4, 0.5) is 5.13 Å². The third-order valence-corrected chi connectivity index (χ3v) is 4.73. The molecule has 88 valence electrons. The molecule has 6 heteroatoms. The van der Waals surface area contributed by atoms with Crippen LogP contribution in [-0.2, 0) is 0 Å². The summed E-state index contributed by atoms with van der Waals surface area (Å²) >= 11 is 3.24. The zero-order valence-electron chi connectivity index (χ0n) is 9.10. The second kappa shape index (κ2) is 5.05. The molecule has 1 fully saturated rings. The summed E-state index contributed by atoms with van der Waals surface area (Å²) in [5.41, 5.74) is 0.629. The van der Waals surface area contributed by atoms with Gasteiger partial charge in [0, 0.05) is 18.8 Å². The molecule has 0 unspecified atom stereocenters. The van der Waals surface area contributed by atoms with Crippen molar-refractivity contribution in [1.29, 1.82) is 0 Å². The van der Waals surface area contributed by atoms with E-state index in [1.54, 1.807) is 6.92 Å². The second-order valence-electron chi connectivity index (χ2n) is 3.67. The minimum absolute atomic E-state index is 0.368. The lowest BCUT2D eigenvalue weighted by molar-refractivity contribution is 0.0701. The molecule has 0 radical (unpaired) electrons. The second-order valence-corrected chi connectivity index (χ2v) is 5.87. The monoisotopic (exact) mass is 258 g/mol. The number of carboxylic acid groups (broad SMARTS) is 1. The van der Waals surface area contributed by atoms with E-state index in [1.165, 1.54) is 17.1 Å². The Balaban J connectivity index is 2.19. The molecule has 2 heterocycles. The topological polar surface area (TPSA) is 53.4 Å². The number of hydrogen-bond donors (Lipinski definition) is 1. The number of thioether (sulfide) groups is 1. The van der Waals surface area contributed by atoms with E-state index in [1.807, 2.05) is 11.8 Å². The molecule has 16 heavy (non-hydrogen) atoms. The van der Waals surface area contributed by atoms with Gasteiger partial charge in [0.15, 0.2) is 5.13 Å². The Morgan fingerprint density at radius 3 is 2.94 bits per heavy atom. The van der Waals surface area contributed by atoms with Gasteiger partial charge < -0.3 is 10.0 Å². The predicted octanol–water partition coefficient (Wildman–Crippen LogP) is 2.09. The van der Waals surface area contributed by atoms with Crippen molar-refractivity contribution in [3.63, 3.8) is 0 Å². The first-order valence-corrected chi connectivity index (χ1v) is 7.19. The molecule has 2 rings (SSSR count). The van der Waals surface area contributed by atoms with Crippen LogP contribution in [0.25, 0.3) is 0 Å². The number of rotatable bonds is 2. The Kier molecular flexibility index (Phi) is 3.70. The molecule has 0 amide bonds. The highest BCUT2D eigenvalue weighted by atomic mass is 32.2. The summed E-state index contributed by atoms with van der Waals surface area (Å²) in [6.45, 7) is 3.71. The van der Waals surface area contributed by atoms with Crippen molar-refractivity contribution in [1.82, 2.24) is 4.98 Å². The molecule has 0 bridgehead atoms. The summed E-state index contributed by atoms with van der Waals surface area (Å²) < 4.78 is 0. The SMILES string of the molecule is Cc1nc(N2CCCSCC2)sc1C(=O)O. The summed E-state index contributed by atoms with van der Waals surface area (Å²) in [6.07, 6.45) is 1.14. The van der Waals surface area contributed by atoms with Crippen molar-refractivity contribution >= 4 is 34.2 Å². The molecular formula is C10H14N2O2S2. The van der Waals surface area contributed by atoms with Crippen molar-refractivity contribution < 1.29 is 9.90 Å². The van der Waals surface area contributed by atoms with Crippen molar-refractivity contribution in [3.05, 3.63) is 10.6 Å². The number of thiazole rings is 1. The number of hydrogen-bond acceptors (Lipinski definition) is 5. The van der Waals surface area contributed by atoms with E-state index < -0.39 is 5.97 Å². The first-order valence-electron chi connectivity index (χ1n) is 5.22. The number of aryl methyl sites for hydroxylation is 1. The first kappa shape index (κ1) is 11.7. The number of aromatic carboxylic acids is 1. The fourth-order valence-electron chi connectivity index (χ4n) is 1.65. The lowest BCUT2D eigenvalue weighted by Crippen LogP contribution is -2.25. The molecule has 0 aromatic carbocycles. The summed E-state index contributed by atoms with van der Waals surface area (Å²) in [6, 6.07) is 0. The molecule has 1 aromatic rings. The molecule has 0 aliphatic carbocycles. The molecule has 4 nitrogen and oxygen atoms in total. The molecule has 1 aromatic heterocycles. The third-order valence-electron chi connectivity index (χ3n) is 2.47. The minimum atomic E-state index is -0.870. The van der Waals surface area contributed by atoms with E-state index in [2.05, 4.69) is 9.88 Å². The summed E-state index contributed by atoms with van der Waals surface area (Å²) in [7, 11) is 0. The van der Waals surface area contributed by atoms with E-state index in [0.29, 0.717) is 10.6 Å². The van der Waals surface area contributed by atoms with Crippen LogP contribution in [0.5, 0.6) is 0 Å². The molecule has 1 aliphatic rings. The van der Waals surface area contributed by atoms with Crippen LogP contribution in [0.2, 0.25) is 0 Å². The van der Waals surface area contributed by atoms with Gasteiger partial charge in [0.2, 0.25) is 0 Å². The van der Waals surface area contributed by atoms with Crippen molar-refractivity contribution in [3.8, 4) is 0 Å². The van der Waals surface area contributed by atoms with Gasteiger partial charge in [-0.2, -0.15) is 11.8 Å². The van der Waals surface area contributed by atoms with E-state index in [9.17, 15) is 4.79 Å². The quantitative estimate of drug-likeness (QED) is 0.880. The Hall–Kier alpha value is -0.750. The van der Waals surface area contributed by atoms with Crippen molar-refractivity contribution in [2.75, 3.05) is 29.5 Å². The van der Waals surface area contributed by atoms with E-state index in [4.69, 9.17) is 5.11 Å². The maximum absolute atomic E-state index is 10.9. The largest absolute Gasteiger partial charge is 0.477 e. The zero-order valence-corrected chi connectivity index (χ0v) is 10.7. The summed E-state index contributed by atoms with van der Waals surface area (Å²) in [5.74, 6) is 1.42. The smallest absolute Gasteiger partial charge is 0.347 e. The molecule has 0 spiro atoms. The Morgan fingerprint density at radius 1 is 1.44 bits per heavy atom. The molecular weight excluding hydrogens is 244 g/mol. The highest BCUT2D eigenvalue weighted by Gasteiger charge is 2.18. The Bertz CT molecular complexity index is 384. The molecule has 0 saturated carbocycles. The van der Waals surface area contributed by atoms with Crippen LogP contribution in [0.3, 0.4) is 0 Å². The van der Waals surface area contributed by atoms with Crippen molar-refractivity contribution in [2.45, 2.75) is 13.3 Å². The average molecular weight is 258 g/mol. The van der Waals surface area contributed by atoms with Gasteiger partial charge in [-0.05, 0) is 19.1 Å². The van der Waals surface area contributed by atoms with Gasteiger partial charge >= 0.3 is 5.97 Å². The number of carboxylic acids is 1. The zero-order chi connectivity index (χ0) is 11.5. The van der Waals surface area contributed by atoms with Crippen LogP contribution in [-0.4, -0.2) is 40.7 Å². The number of aromatic nitrogens is 1. The Morgan fingerprint density at radius 2 is 2.25 bits per heavy atom. The average Bonchev–Trinajstić information content (AvgIpc) is 2.50. The maximum Gasteiger partial charge on any atom is 0.347 e. The maximum atomic E-state index is 10.9. The van der Waals surface area contributed by atoms with Crippen LogP contribution in [0, 0.1) is 6.92 Å². The minimum Gasteiger partial charge on any atom is -0.477 e. The predicted molar refractivity (Wildman–Crippen MR) is 68.0 cm³/mol. The number of nitrogens with zero attached hydrogens (tertiary/aromatic N) is 2. The van der Waals surface area contributed by atoms with Gasteiger partial charge in [0.05, 0.1) is 5.69 Å². The van der Waals surface area contributed by atoms with Crippen molar-refractivity contribution in [2.24, 2.45) is 0 Å². The van der Waals surface area contributed by atoms with Gasteiger partial charge in [0.25, 0.3) is 0 Å². The number of anilines is 1. The lowest BCUT2D eigenvalue weighted by Gasteiger charge is -2.18. The normalized spacial score (nSPS) is 17.2. The van der Waals surface area contributed by atoms with E-state index >= 15 is 0 Å². The highest BCUT2D eigenvalue weighted by Crippen LogP contribution is 2.27. The fraction of sp³-hybridized carbons (Fsp3) is 0.600. The summed E-state index contributed by atoms with van der Waals surface area (Å²) in [5, 5.41) is 9.84. The standard InChI is InChI=1S/C10H14N2O2S2/c1-7-8(9(13)14)16-10(11-7)12-3-2-5-15-6-4-12/h2-6H2,1H3,(H,13,14). The molecule has 1 saturated heterocycles.